The number of fused-ring (bicyclic) bond motifs is 1. The Kier molecular flexibility index (Phi) is 4.27. The molecule has 0 saturated carbocycles. The second-order valence-corrected chi connectivity index (χ2v) is 6.48. The van der Waals surface area contributed by atoms with E-state index in [4.69, 9.17) is 0 Å². The molecule has 1 heterocycles. The lowest BCUT2D eigenvalue weighted by molar-refractivity contribution is 0.211. The van der Waals surface area contributed by atoms with Crippen molar-refractivity contribution in [3.63, 3.8) is 0 Å². The van der Waals surface area contributed by atoms with Gasteiger partial charge in [-0.3, -0.25) is 0 Å². The standard InChI is InChI=1S/C17H26N2O/c1-19-9-7-13(8-10-19)12-18-17-4-2-3-14-5-6-15(20)11-16(14)17/h5-6,11,13,17-18,20H,2-4,7-10,12H2,1H3. The molecule has 0 spiro atoms. The molecule has 1 saturated heterocycles. The summed E-state index contributed by atoms with van der Waals surface area (Å²) in [5.41, 5.74) is 2.74. The number of phenols is 1. The third-order valence-corrected chi connectivity index (χ3v) is 4.93. The summed E-state index contributed by atoms with van der Waals surface area (Å²) in [6, 6.07) is 6.30. The highest BCUT2D eigenvalue weighted by atomic mass is 16.3. The van der Waals surface area contributed by atoms with Crippen LogP contribution < -0.4 is 5.32 Å². The van der Waals surface area contributed by atoms with Crippen molar-refractivity contribution in [2.24, 2.45) is 5.92 Å². The fraction of sp³-hybridized carbons (Fsp3) is 0.647. The van der Waals surface area contributed by atoms with Crippen molar-refractivity contribution >= 4 is 0 Å². The second kappa shape index (κ2) is 6.15. The first-order valence-electron chi connectivity index (χ1n) is 7.96. The molecule has 1 atom stereocenters. The number of aryl methyl sites for hydroxylation is 1. The maximum atomic E-state index is 9.72. The van der Waals surface area contributed by atoms with Crippen LogP contribution in [0.1, 0.15) is 42.9 Å². The second-order valence-electron chi connectivity index (χ2n) is 6.48. The first-order valence-corrected chi connectivity index (χ1v) is 7.96. The molecular weight excluding hydrogens is 248 g/mol. The van der Waals surface area contributed by atoms with Crippen molar-refractivity contribution in [1.29, 1.82) is 0 Å². The van der Waals surface area contributed by atoms with Crippen LogP contribution in [0, 0.1) is 5.92 Å². The zero-order chi connectivity index (χ0) is 13.9. The van der Waals surface area contributed by atoms with Gasteiger partial charge in [0.1, 0.15) is 5.75 Å². The van der Waals surface area contributed by atoms with Crippen LogP contribution in [-0.4, -0.2) is 36.7 Å². The summed E-state index contributed by atoms with van der Waals surface area (Å²) >= 11 is 0. The van der Waals surface area contributed by atoms with Crippen LogP contribution in [0.25, 0.3) is 0 Å². The van der Waals surface area contributed by atoms with E-state index in [0.717, 1.165) is 18.9 Å². The number of piperidine rings is 1. The van der Waals surface area contributed by atoms with Crippen molar-refractivity contribution in [3.05, 3.63) is 29.3 Å². The van der Waals surface area contributed by atoms with Crippen molar-refractivity contribution in [2.75, 3.05) is 26.7 Å². The van der Waals surface area contributed by atoms with E-state index in [2.05, 4.69) is 23.3 Å². The predicted molar refractivity (Wildman–Crippen MR) is 82.0 cm³/mol. The number of aromatic hydroxyl groups is 1. The van der Waals surface area contributed by atoms with E-state index < -0.39 is 0 Å². The Morgan fingerprint density at radius 1 is 1.25 bits per heavy atom. The Balaban J connectivity index is 1.60. The predicted octanol–water partition coefficient (Wildman–Crippen LogP) is 2.70. The number of hydrogen-bond acceptors (Lipinski definition) is 3. The van der Waals surface area contributed by atoms with Gasteiger partial charge in [0, 0.05) is 6.04 Å². The highest BCUT2D eigenvalue weighted by Crippen LogP contribution is 2.32. The maximum Gasteiger partial charge on any atom is 0.115 e. The van der Waals surface area contributed by atoms with Crippen LogP contribution in [0.15, 0.2) is 18.2 Å². The maximum absolute atomic E-state index is 9.72. The summed E-state index contributed by atoms with van der Waals surface area (Å²) in [5, 5.41) is 13.5. The van der Waals surface area contributed by atoms with E-state index in [-0.39, 0.29) is 0 Å². The molecule has 1 aliphatic heterocycles. The van der Waals surface area contributed by atoms with E-state index in [1.807, 2.05) is 12.1 Å². The summed E-state index contributed by atoms with van der Waals surface area (Å²) in [7, 11) is 2.21. The lowest BCUT2D eigenvalue weighted by atomic mass is 9.87. The average Bonchev–Trinajstić information content (AvgIpc) is 2.47. The number of rotatable bonds is 3. The molecule has 3 heteroatoms. The van der Waals surface area contributed by atoms with Gasteiger partial charge in [0.25, 0.3) is 0 Å². The Hall–Kier alpha value is -1.06. The van der Waals surface area contributed by atoms with Crippen molar-refractivity contribution < 1.29 is 5.11 Å². The lowest BCUT2D eigenvalue weighted by Crippen LogP contribution is -2.36. The molecule has 2 N–H and O–H groups in total. The zero-order valence-corrected chi connectivity index (χ0v) is 12.4. The highest BCUT2D eigenvalue weighted by Gasteiger charge is 2.22. The number of hydrogen-bond donors (Lipinski definition) is 2. The van der Waals surface area contributed by atoms with Gasteiger partial charge < -0.3 is 15.3 Å². The van der Waals surface area contributed by atoms with E-state index in [1.54, 1.807) is 0 Å². The molecule has 1 fully saturated rings. The molecule has 110 valence electrons. The zero-order valence-electron chi connectivity index (χ0n) is 12.4. The number of nitrogens with one attached hydrogen (secondary N) is 1. The molecule has 0 amide bonds. The summed E-state index contributed by atoms with van der Waals surface area (Å²) in [6.45, 7) is 3.58. The average molecular weight is 274 g/mol. The minimum Gasteiger partial charge on any atom is -0.508 e. The van der Waals surface area contributed by atoms with Crippen LogP contribution in [0.4, 0.5) is 0 Å². The van der Waals surface area contributed by atoms with Gasteiger partial charge in [-0.05, 0) is 88.0 Å². The SMILES string of the molecule is CN1CCC(CNC2CCCc3ccc(O)cc32)CC1. The highest BCUT2D eigenvalue weighted by molar-refractivity contribution is 5.38. The third kappa shape index (κ3) is 3.15. The van der Waals surface area contributed by atoms with E-state index >= 15 is 0 Å². The molecule has 1 aromatic carbocycles. The molecule has 1 unspecified atom stereocenters. The summed E-state index contributed by atoms with van der Waals surface area (Å²) in [5.74, 6) is 1.21. The van der Waals surface area contributed by atoms with Crippen molar-refractivity contribution in [2.45, 2.75) is 38.1 Å². The Bertz CT molecular complexity index is 452. The number of benzene rings is 1. The quantitative estimate of drug-likeness (QED) is 0.889. The Morgan fingerprint density at radius 2 is 2.05 bits per heavy atom. The van der Waals surface area contributed by atoms with Crippen LogP contribution in [0.3, 0.4) is 0 Å². The van der Waals surface area contributed by atoms with E-state index in [9.17, 15) is 5.11 Å². The van der Waals surface area contributed by atoms with Gasteiger partial charge in [-0.1, -0.05) is 6.07 Å². The first-order chi connectivity index (χ1) is 9.72. The summed E-state index contributed by atoms with van der Waals surface area (Å²) in [6.07, 6.45) is 6.22. The molecule has 3 rings (SSSR count). The molecule has 3 nitrogen and oxygen atoms in total. The summed E-state index contributed by atoms with van der Waals surface area (Å²) < 4.78 is 0. The molecule has 0 bridgehead atoms. The number of phenolic OH excluding ortho intramolecular Hbond substituents is 1. The van der Waals surface area contributed by atoms with Gasteiger partial charge in [-0.25, -0.2) is 0 Å². The fourth-order valence-electron chi connectivity index (χ4n) is 3.57. The smallest absolute Gasteiger partial charge is 0.115 e. The molecule has 20 heavy (non-hydrogen) atoms. The number of nitrogens with zero attached hydrogens (tertiary/aromatic N) is 1. The Labute approximate surface area is 122 Å². The van der Waals surface area contributed by atoms with Gasteiger partial charge in [0.2, 0.25) is 0 Å². The fourth-order valence-corrected chi connectivity index (χ4v) is 3.57. The van der Waals surface area contributed by atoms with Gasteiger partial charge in [-0.15, -0.1) is 0 Å². The topological polar surface area (TPSA) is 35.5 Å². The molecule has 1 aliphatic carbocycles. The van der Waals surface area contributed by atoms with E-state index in [1.165, 1.54) is 49.9 Å². The van der Waals surface area contributed by atoms with Gasteiger partial charge in [0.15, 0.2) is 0 Å². The largest absolute Gasteiger partial charge is 0.508 e. The van der Waals surface area contributed by atoms with E-state index in [0.29, 0.717) is 11.8 Å². The van der Waals surface area contributed by atoms with Gasteiger partial charge in [0.05, 0.1) is 0 Å². The minimum absolute atomic E-state index is 0.400. The molecule has 1 aromatic rings. The van der Waals surface area contributed by atoms with Crippen LogP contribution in [0.2, 0.25) is 0 Å². The van der Waals surface area contributed by atoms with Crippen LogP contribution in [-0.2, 0) is 6.42 Å². The normalized spacial score (nSPS) is 24.6. The van der Waals surface area contributed by atoms with Gasteiger partial charge in [-0.2, -0.15) is 0 Å². The lowest BCUT2D eigenvalue weighted by Gasteiger charge is -2.32. The summed E-state index contributed by atoms with van der Waals surface area (Å²) in [4.78, 5) is 2.42. The Morgan fingerprint density at radius 3 is 2.85 bits per heavy atom. The first kappa shape index (κ1) is 13.9. The van der Waals surface area contributed by atoms with Gasteiger partial charge >= 0.3 is 0 Å². The molecule has 2 aliphatic rings. The number of likely N-dealkylation sites (tertiary alicyclic amines) is 1. The molecular formula is C17H26N2O. The van der Waals surface area contributed by atoms with Crippen molar-refractivity contribution in [1.82, 2.24) is 10.2 Å². The van der Waals surface area contributed by atoms with Crippen molar-refractivity contribution in [3.8, 4) is 5.75 Å². The monoisotopic (exact) mass is 274 g/mol. The van der Waals surface area contributed by atoms with Crippen LogP contribution >= 0.6 is 0 Å². The van der Waals surface area contributed by atoms with Crippen LogP contribution in [0.5, 0.6) is 5.75 Å². The molecule has 0 aromatic heterocycles. The third-order valence-electron chi connectivity index (χ3n) is 4.93. The minimum atomic E-state index is 0.400. The molecule has 0 radical (unpaired) electrons.